The summed E-state index contributed by atoms with van der Waals surface area (Å²) >= 11 is 0. The topological polar surface area (TPSA) is 15.3 Å². The highest BCUT2D eigenvalue weighted by Crippen LogP contribution is 2.24. The molecule has 1 fully saturated rings. The third kappa shape index (κ3) is 3.22. The number of nitrogens with zero attached hydrogens (tertiary/aromatic N) is 1. The summed E-state index contributed by atoms with van der Waals surface area (Å²) in [5, 5.41) is 3.57. The number of hydrogen-bond acceptors (Lipinski definition) is 2. The summed E-state index contributed by atoms with van der Waals surface area (Å²) < 4.78 is 13.4. The summed E-state index contributed by atoms with van der Waals surface area (Å²) in [5.41, 5.74) is 2.21. The maximum atomic E-state index is 13.4. The number of piperidine rings is 1. The molecule has 100 valence electrons. The van der Waals surface area contributed by atoms with Crippen molar-refractivity contribution in [1.29, 1.82) is 0 Å². The molecule has 1 saturated heterocycles. The fourth-order valence-electron chi connectivity index (χ4n) is 2.63. The van der Waals surface area contributed by atoms with E-state index < -0.39 is 0 Å². The van der Waals surface area contributed by atoms with Crippen molar-refractivity contribution in [2.45, 2.75) is 39.2 Å². The highest BCUT2D eigenvalue weighted by Gasteiger charge is 2.20. The lowest BCUT2D eigenvalue weighted by molar-refractivity contribution is 0.423. The zero-order chi connectivity index (χ0) is 13.0. The molecule has 0 radical (unpaired) electrons. The van der Waals surface area contributed by atoms with Gasteiger partial charge in [-0.1, -0.05) is 13.0 Å². The number of anilines is 1. The smallest absolute Gasteiger partial charge is 0.125 e. The first kappa shape index (κ1) is 13.3. The summed E-state index contributed by atoms with van der Waals surface area (Å²) in [6, 6.07) is 5.61. The third-order valence-electron chi connectivity index (χ3n) is 3.62. The van der Waals surface area contributed by atoms with Gasteiger partial charge in [-0.15, -0.1) is 0 Å². The molecule has 3 heteroatoms. The van der Waals surface area contributed by atoms with Crippen LogP contribution in [0.25, 0.3) is 0 Å². The highest BCUT2D eigenvalue weighted by molar-refractivity contribution is 5.53. The van der Waals surface area contributed by atoms with Gasteiger partial charge in [0, 0.05) is 24.8 Å². The monoisotopic (exact) mass is 250 g/mol. The quantitative estimate of drug-likeness (QED) is 0.883. The lowest BCUT2D eigenvalue weighted by Gasteiger charge is -2.35. The van der Waals surface area contributed by atoms with Crippen molar-refractivity contribution in [2.24, 2.45) is 0 Å². The number of hydrogen-bond donors (Lipinski definition) is 1. The second-order valence-corrected chi connectivity index (χ2v) is 5.17. The van der Waals surface area contributed by atoms with Crippen LogP contribution in [0.2, 0.25) is 0 Å². The van der Waals surface area contributed by atoms with E-state index in [-0.39, 0.29) is 5.82 Å². The maximum absolute atomic E-state index is 13.4. The summed E-state index contributed by atoms with van der Waals surface area (Å²) in [5.74, 6) is -0.140. The van der Waals surface area contributed by atoms with E-state index in [9.17, 15) is 4.39 Å². The van der Waals surface area contributed by atoms with Crippen molar-refractivity contribution >= 4 is 5.69 Å². The second-order valence-electron chi connectivity index (χ2n) is 5.17. The molecule has 1 aliphatic heterocycles. The van der Waals surface area contributed by atoms with Crippen LogP contribution in [-0.2, 0) is 0 Å². The Morgan fingerprint density at radius 1 is 1.44 bits per heavy atom. The van der Waals surface area contributed by atoms with Crippen molar-refractivity contribution in [2.75, 3.05) is 24.5 Å². The molecule has 18 heavy (non-hydrogen) atoms. The number of benzene rings is 1. The normalized spacial score (nSPS) is 20.2. The summed E-state index contributed by atoms with van der Waals surface area (Å²) in [7, 11) is 0. The molecule has 0 bridgehead atoms. The van der Waals surface area contributed by atoms with Crippen LogP contribution >= 0.6 is 0 Å². The first-order chi connectivity index (χ1) is 8.70. The molecule has 2 rings (SSSR count). The Morgan fingerprint density at radius 3 is 3.06 bits per heavy atom. The van der Waals surface area contributed by atoms with Crippen LogP contribution in [0.1, 0.15) is 31.7 Å². The van der Waals surface area contributed by atoms with Crippen LogP contribution in [0, 0.1) is 12.7 Å². The van der Waals surface area contributed by atoms with Gasteiger partial charge in [-0.05, 0) is 50.4 Å². The van der Waals surface area contributed by atoms with Gasteiger partial charge in [-0.3, -0.25) is 0 Å². The van der Waals surface area contributed by atoms with Gasteiger partial charge < -0.3 is 10.2 Å². The van der Waals surface area contributed by atoms with Gasteiger partial charge >= 0.3 is 0 Å². The van der Waals surface area contributed by atoms with E-state index in [2.05, 4.69) is 24.1 Å². The van der Waals surface area contributed by atoms with Gasteiger partial charge in [0.15, 0.2) is 0 Å². The third-order valence-corrected chi connectivity index (χ3v) is 3.62. The van der Waals surface area contributed by atoms with E-state index in [1.807, 2.05) is 6.07 Å². The van der Waals surface area contributed by atoms with Crippen molar-refractivity contribution in [3.05, 3.63) is 29.6 Å². The molecule has 0 amide bonds. The van der Waals surface area contributed by atoms with E-state index in [1.165, 1.54) is 18.9 Å². The molecule has 0 aliphatic carbocycles. The largest absolute Gasteiger partial charge is 0.370 e. The standard InChI is InChI=1S/C15H23FN2/c1-3-8-17-14-5-4-9-18(11-14)15-10-13(16)7-6-12(15)2/h6-7,10,14,17H,3-5,8-9,11H2,1-2H3. The average Bonchev–Trinajstić information content (AvgIpc) is 2.39. The first-order valence-corrected chi connectivity index (χ1v) is 6.95. The van der Waals surface area contributed by atoms with Crippen molar-refractivity contribution in [3.8, 4) is 0 Å². The molecule has 0 saturated carbocycles. The lowest BCUT2D eigenvalue weighted by atomic mass is 10.0. The molecule has 1 N–H and O–H groups in total. The summed E-state index contributed by atoms with van der Waals surface area (Å²) in [6.45, 7) is 7.34. The minimum absolute atomic E-state index is 0.140. The van der Waals surface area contributed by atoms with E-state index >= 15 is 0 Å². The zero-order valence-corrected chi connectivity index (χ0v) is 11.4. The molecule has 1 atom stereocenters. The van der Waals surface area contributed by atoms with Crippen LogP contribution in [0.5, 0.6) is 0 Å². The van der Waals surface area contributed by atoms with E-state index in [1.54, 1.807) is 6.07 Å². The maximum Gasteiger partial charge on any atom is 0.125 e. The predicted molar refractivity (Wildman–Crippen MR) is 74.7 cm³/mol. The van der Waals surface area contributed by atoms with Crippen LogP contribution in [0.4, 0.5) is 10.1 Å². The molecule has 1 unspecified atom stereocenters. The van der Waals surface area contributed by atoms with Gasteiger partial charge in [-0.25, -0.2) is 4.39 Å². The minimum Gasteiger partial charge on any atom is -0.370 e. The van der Waals surface area contributed by atoms with Crippen molar-refractivity contribution in [3.63, 3.8) is 0 Å². The Balaban J connectivity index is 2.05. The highest BCUT2D eigenvalue weighted by atomic mass is 19.1. The molecular formula is C15H23FN2. The molecule has 0 aromatic heterocycles. The summed E-state index contributed by atoms with van der Waals surface area (Å²) in [6.07, 6.45) is 3.57. The van der Waals surface area contributed by atoms with E-state index in [4.69, 9.17) is 0 Å². The van der Waals surface area contributed by atoms with Gasteiger partial charge in [-0.2, -0.15) is 0 Å². The van der Waals surface area contributed by atoms with Crippen LogP contribution in [0.3, 0.4) is 0 Å². The average molecular weight is 250 g/mol. The number of aryl methyl sites for hydroxylation is 1. The SMILES string of the molecule is CCCNC1CCCN(c2cc(F)ccc2C)C1. The Bertz CT molecular complexity index is 392. The van der Waals surface area contributed by atoms with Gasteiger partial charge in [0.1, 0.15) is 5.82 Å². The summed E-state index contributed by atoms with van der Waals surface area (Å²) in [4.78, 5) is 2.31. The molecule has 2 nitrogen and oxygen atoms in total. The molecule has 1 heterocycles. The lowest BCUT2D eigenvalue weighted by Crippen LogP contribution is -2.46. The van der Waals surface area contributed by atoms with Crippen LogP contribution in [0.15, 0.2) is 18.2 Å². The Kier molecular flexibility index (Phi) is 4.59. The number of halogens is 1. The van der Waals surface area contributed by atoms with Gasteiger partial charge in [0.05, 0.1) is 0 Å². The van der Waals surface area contributed by atoms with E-state index in [0.717, 1.165) is 37.3 Å². The van der Waals surface area contributed by atoms with Crippen molar-refractivity contribution < 1.29 is 4.39 Å². The van der Waals surface area contributed by atoms with E-state index in [0.29, 0.717) is 6.04 Å². The molecule has 1 aliphatic rings. The number of rotatable bonds is 4. The first-order valence-electron chi connectivity index (χ1n) is 6.95. The Labute approximate surface area is 109 Å². The molecule has 0 spiro atoms. The Morgan fingerprint density at radius 2 is 2.28 bits per heavy atom. The number of nitrogens with one attached hydrogen (secondary N) is 1. The van der Waals surface area contributed by atoms with Crippen LogP contribution < -0.4 is 10.2 Å². The second kappa shape index (κ2) is 6.19. The molecular weight excluding hydrogens is 227 g/mol. The fraction of sp³-hybridized carbons (Fsp3) is 0.600. The Hall–Kier alpha value is -1.09. The molecule has 1 aromatic carbocycles. The van der Waals surface area contributed by atoms with Crippen molar-refractivity contribution in [1.82, 2.24) is 5.32 Å². The van der Waals surface area contributed by atoms with Gasteiger partial charge in [0.25, 0.3) is 0 Å². The van der Waals surface area contributed by atoms with Gasteiger partial charge in [0.2, 0.25) is 0 Å². The minimum atomic E-state index is -0.140. The van der Waals surface area contributed by atoms with Crippen LogP contribution in [-0.4, -0.2) is 25.7 Å². The predicted octanol–water partition coefficient (Wildman–Crippen LogP) is 3.10. The molecule has 1 aromatic rings. The fourth-order valence-corrected chi connectivity index (χ4v) is 2.63. The zero-order valence-electron chi connectivity index (χ0n) is 11.4.